The number of carbonyl (C=O) groups is 3. The van der Waals surface area contributed by atoms with Crippen molar-refractivity contribution >= 4 is 23.6 Å². The van der Waals surface area contributed by atoms with Crippen LogP contribution in [0.1, 0.15) is 25.3 Å². The molecule has 3 amide bonds. The van der Waals surface area contributed by atoms with Gasteiger partial charge in [0.25, 0.3) is 5.91 Å². The number of hydrogen-bond donors (Lipinski definition) is 4. The number of likely N-dealkylation sites (tertiary alicyclic amines) is 1. The first-order valence-corrected chi connectivity index (χ1v) is 8.12. The molecule has 0 aromatic heterocycles. The minimum absolute atomic E-state index is 0.241. The number of rotatable bonds is 5. The number of alkyl halides is 3. The van der Waals surface area contributed by atoms with Crippen molar-refractivity contribution < 1.29 is 32.7 Å². The van der Waals surface area contributed by atoms with Crippen molar-refractivity contribution in [3.8, 4) is 0 Å². The van der Waals surface area contributed by atoms with Gasteiger partial charge in [-0.2, -0.15) is 13.2 Å². The average Bonchev–Trinajstić information content (AvgIpc) is 3.09. The van der Waals surface area contributed by atoms with E-state index >= 15 is 0 Å². The van der Waals surface area contributed by atoms with Crippen molar-refractivity contribution in [1.29, 1.82) is 0 Å². The standard InChI is InChI=1S/C16H19F3N4O4/c1-9(14(25)26)20-15(27)23-8-2-3-12(23)13(24)22-21-11-6-4-10(5-7-11)16(17,18)19/h4-7,9,12,21H,2-3,8H2,1H3,(H,20,27)(H,22,24)(H,25,26)/t9-,12?/m0/s1. The highest BCUT2D eigenvalue weighted by molar-refractivity contribution is 5.89. The van der Waals surface area contributed by atoms with E-state index in [2.05, 4.69) is 16.2 Å². The maximum absolute atomic E-state index is 12.5. The van der Waals surface area contributed by atoms with Crippen molar-refractivity contribution in [2.24, 2.45) is 0 Å². The van der Waals surface area contributed by atoms with Gasteiger partial charge in [0.1, 0.15) is 12.1 Å². The largest absolute Gasteiger partial charge is 0.480 e. The number of nitrogens with one attached hydrogen (secondary N) is 3. The van der Waals surface area contributed by atoms with Crippen LogP contribution >= 0.6 is 0 Å². The Balaban J connectivity index is 1.92. The molecular formula is C16H19F3N4O4. The van der Waals surface area contributed by atoms with E-state index in [0.29, 0.717) is 12.8 Å². The monoisotopic (exact) mass is 388 g/mol. The summed E-state index contributed by atoms with van der Waals surface area (Å²) in [6.07, 6.45) is -3.50. The summed E-state index contributed by atoms with van der Waals surface area (Å²) in [6.45, 7) is 1.59. The Labute approximate surface area is 152 Å². The zero-order valence-electron chi connectivity index (χ0n) is 14.3. The summed E-state index contributed by atoms with van der Waals surface area (Å²) in [5.41, 5.74) is 4.28. The van der Waals surface area contributed by atoms with E-state index in [-0.39, 0.29) is 12.2 Å². The van der Waals surface area contributed by atoms with Crippen LogP contribution in [0.25, 0.3) is 0 Å². The fourth-order valence-electron chi connectivity index (χ4n) is 2.57. The van der Waals surface area contributed by atoms with Crippen LogP contribution in [0.4, 0.5) is 23.7 Å². The third-order valence-corrected chi connectivity index (χ3v) is 4.07. The Morgan fingerprint density at radius 2 is 1.85 bits per heavy atom. The number of amides is 3. The molecule has 1 aromatic carbocycles. The van der Waals surface area contributed by atoms with E-state index in [9.17, 15) is 27.6 Å². The van der Waals surface area contributed by atoms with Gasteiger partial charge < -0.3 is 15.3 Å². The Morgan fingerprint density at radius 1 is 1.22 bits per heavy atom. The molecule has 0 aliphatic carbocycles. The number of carboxylic acid groups (broad SMARTS) is 1. The first-order chi connectivity index (χ1) is 12.6. The normalized spacial score (nSPS) is 17.9. The molecule has 2 atom stereocenters. The molecule has 1 unspecified atom stereocenters. The number of urea groups is 1. The number of carbonyl (C=O) groups excluding carboxylic acids is 2. The van der Waals surface area contributed by atoms with Gasteiger partial charge in [-0.1, -0.05) is 0 Å². The predicted octanol–water partition coefficient (Wildman–Crippen LogP) is 1.80. The third kappa shape index (κ3) is 5.25. The maximum atomic E-state index is 12.5. The molecule has 0 spiro atoms. The minimum atomic E-state index is -4.45. The molecule has 1 fully saturated rings. The number of hydrazine groups is 1. The highest BCUT2D eigenvalue weighted by Gasteiger charge is 2.35. The average molecular weight is 388 g/mol. The Kier molecular flexibility index (Phi) is 6.13. The SMILES string of the molecule is C[C@H](NC(=O)N1CCCC1C(=O)NNc1ccc(C(F)(F)F)cc1)C(=O)O. The van der Waals surface area contributed by atoms with Crippen LogP contribution in [-0.2, 0) is 15.8 Å². The minimum Gasteiger partial charge on any atom is -0.480 e. The van der Waals surface area contributed by atoms with E-state index in [4.69, 9.17) is 5.11 Å². The molecule has 1 heterocycles. The highest BCUT2D eigenvalue weighted by Crippen LogP contribution is 2.29. The number of anilines is 1. The van der Waals surface area contributed by atoms with Crippen molar-refractivity contribution in [1.82, 2.24) is 15.6 Å². The van der Waals surface area contributed by atoms with Crippen molar-refractivity contribution in [2.75, 3.05) is 12.0 Å². The summed E-state index contributed by atoms with van der Waals surface area (Å²) in [5.74, 6) is -1.75. The van der Waals surface area contributed by atoms with Gasteiger partial charge in [0.05, 0.1) is 11.3 Å². The van der Waals surface area contributed by atoms with Crippen LogP contribution in [0.2, 0.25) is 0 Å². The molecular weight excluding hydrogens is 369 g/mol. The van der Waals surface area contributed by atoms with Gasteiger partial charge in [-0.25, -0.2) is 4.79 Å². The van der Waals surface area contributed by atoms with Crippen molar-refractivity contribution in [3.05, 3.63) is 29.8 Å². The highest BCUT2D eigenvalue weighted by atomic mass is 19.4. The van der Waals surface area contributed by atoms with Crippen molar-refractivity contribution in [2.45, 2.75) is 38.0 Å². The Morgan fingerprint density at radius 3 is 2.41 bits per heavy atom. The molecule has 0 bridgehead atoms. The summed E-state index contributed by atoms with van der Waals surface area (Å²) in [6, 6.07) is 1.49. The first kappa shape index (κ1) is 20.3. The van der Waals surface area contributed by atoms with Gasteiger partial charge in [0.2, 0.25) is 0 Å². The molecule has 1 saturated heterocycles. The summed E-state index contributed by atoms with van der Waals surface area (Å²) < 4.78 is 37.6. The summed E-state index contributed by atoms with van der Waals surface area (Å²) in [4.78, 5) is 36.5. The maximum Gasteiger partial charge on any atom is 0.416 e. The summed E-state index contributed by atoms with van der Waals surface area (Å²) in [7, 11) is 0. The Hall–Kier alpha value is -2.98. The second-order valence-corrected chi connectivity index (χ2v) is 6.05. The van der Waals surface area contributed by atoms with E-state index in [0.717, 1.165) is 24.3 Å². The number of nitrogens with zero attached hydrogens (tertiary/aromatic N) is 1. The van der Waals surface area contributed by atoms with E-state index in [1.54, 1.807) is 0 Å². The third-order valence-electron chi connectivity index (χ3n) is 4.07. The number of carboxylic acids is 1. The van der Waals surface area contributed by atoms with Crippen LogP contribution in [0.3, 0.4) is 0 Å². The molecule has 148 valence electrons. The van der Waals surface area contributed by atoms with Gasteiger partial charge in [0, 0.05) is 6.54 Å². The zero-order valence-corrected chi connectivity index (χ0v) is 14.3. The lowest BCUT2D eigenvalue weighted by atomic mass is 10.2. The van der Waals surface area contributed by atoms with E-state index in [1.165, 1.54) is 11.8 Å². The van der Waals surface area contributed by atoms with Crippen LogP contribution in [0.5, 0.6) is 0 Å². The van der Waals surface area contributed by atoms with Crippen LogP contribution < -0.4 is 16.2 Å². The lowest BCUT2D eigenvalue weighted by Gasteiger charge is -2.25. The van der Waals surface area contributed by atoms with E-state index < -0.39 is 41.7 Å². The molecule has 11 heteroatoms. The topological polar surface area (TPSA) is 111 Å². The fraction of sp³-hybridized carbons (Fsp3) is 0.438. The van der Waals surface area contributed by atoms with Crippen LogP contribution in [0.15, 0.2) is 24.3 Å². The molecule has 4 N–H and O–H groups in total. The second kappa shape index (κ2) is 8.14. The number of benzene rings is 1. The lowest BCUT2D eigenvalue weighted by Crippen LogP contribution is -2.53. The van der Waals surface area contributed by atoms with E-state index in [1.807, 2.05) is 0 Å². The molecule has 8 nitrogen and oxygen atoms in total. The second-order valence-electron chi connectivity index (χ2n) is 6.05. The molecule has 2 rings (SSSR count). The fourth-order valence-corrected chi connectivity index (χ4v) is 2.57. The number of halogens is 3. The Bertz CT molecular complexity index is 709. The molecule has 0 saturated carbocycles. The smallest absolute Gasteiger partial charge is 0.416 e. The number of aliphatic carboxylic acids is 1. The molecule has 27 heavy (non-hydrogen) atoms. The van der Waals surface area contributed by atoms with Crippen LogP contribution in [0, 0.1) is 0 Å². The van der Waals surface area contributed by atoms with Crippen molar-refractivity contribution in [3.63, 3.8) is 0 Å². The van der Waals surface area contributed by atoms with Gasteiger partial charge in [0.15, 0.2) is 0 Å². The predicted molar refractivity (Wildman–Crippen MR) is 88.6 cm³/mol. The molecule has 1 aromatic rings. The quantitative estimate of drug-likeness (QED) is 0.575. The number of hydrogen-bond acceptors (Lipinski definition) is 4. The van der Waals surface area contributed by atoms with Crippen LogP contribution in [-0.4, -0.2) is 46.5 Å². The first-order valence-electron chi connectivity index (χ1n) is 8.12. The van der Waals surface area contributed by atoms with Gasteiger partial charge in [-0.05, 0) is 44.0 Å². The lowest BCUT2D eigenvalue weighted by molar-refractivity contribution is -0.139. The molecule has 0 radical (unpaired) electrons. The summed E-state index contributed by atoms with van der Waals surface area (Å²) >= 11 is 0. The summed E-state index contributed by atoms with van der Waals surface area (Å²) in [5, 5.41) is 11.1. The molecule has 1 aliphatic heterocycles. The zero-order chi connectivity index (χ0) is 20.2. The van der Waals surface area contributed by atoms with Gasteiger partial charge >= 0.3 is 18.2 Å². The molecule has 1 aliphatic rings. The van der Waals surface area contributed by atoms with Gasteiger partial charge in [-0.15, -0.1) is 0 Å². The van der Waals surface area contributed by atoms with Gasteiger partial charge in [-0.3, -0.25) is 20.4 Å².